The van der Waals surface area contributed by atoms with E-state index in [9.17, 15) is 5.11 Å². The van der Waals surface area contributed by atoms with Crippen LogP contribution in [0.2, 0.25) is 0 Å². The van der Waals surface area contributed by atoms with Crippen LogP contribution >= 0.6 is 0 Å². The van der Waals surface area contributed by atoms with E-state index >= 15 is 0 Å². The summed E-state index contributed by atoms with van der Waals surface area (Å²) in [7, 11) is 0. The standard InChI is InChI=1S/C18H22O/c19-18(15-8-2-1-3-9-15)13-16-11-6-10-14-7-4-5-12-17(14)16/h4-7,10-12,15,18-19H,1-3,8-9,13H2. The van der Waals surface area contributed by atoms with E-state index in [2.05, 4.69) is 42.5 Å². The Morgan fingerprint density at radius 3 is 2.53 bits per heavy atom. The summed E-state index contributed by atoms with van der Waals surface area (Å²) in [6, 6.07) is 14.9. The van der Waals surface area contributed by atoms with Gasteiger partial charge in [-0.15, -0.1) is 0 Å². The van der Waals surface area contributed by atoms with E-state index in [0.717, 1.165) is 6.42 Å². The lowest BCUT2D eigenvalue weighted by Crippen LogP contribution is -2.25. The smallest absolute Gasteiger partial charge is 0.0608 e. The first-order chi connectivity index (χ1) is 9.34. The molecule has 0 aromatic heterocycles. The van der Waals surface area contributed by atoms with E-state index in [4.69, 9.17) is 0 Å². The molecule has 1 saturated carbocycles. The van der Waals surface area contributed by atoms with Gasteiger partial charge in [0, 0.05) is 0 Å². The molecular formula is C18H22O. The van der Waals surface area contributed by atoms with E-state index in [0.29, 0.717) is 5.92 Å². The van der Waals surface area contributed by atoms with Gasteiger partial charge in [-0.05, 0) is 41.5 Å². The zero-order chi connectivity index (χ0) is 13.1. The molecule has 0 amide bonds. The fourth-order valence-corrected chi connectivity index (χ4v) is 3.38. The average Bonchev–Trinajstić information content (AvgIpc) is 2.48. The number of aliphatic hydroxyl groups excluding tert-OH is 1. The van der Waals surface area contributed by atoms with Crippen LogP contribution in [0.5, 0.6) is 0 Å². The van der Waals surface area contributed by atoms with Crippen LogP contribution in [0.1, 0.15) is 37.7 Å². The minimum absolute atomic E-state index is 0.175. The largest absolute Gasteiger partial charge is 0.392 e. The van der Waals surface area contributed by atoms with E-state index < -0.39 is 0 Å². The van der Waals surface area contributed by atoms with Gasteiger partial charge in [0.15, 0.2) is 0 Å². The van der Waals surface area contributed by atoms with Crippen LogP contribution in [-0.4, -0.2) is 11.2 Å². The highest BCUT2D eigenvalue weighted by Gasteiger charge is 2.22. The lowest BCUT2D eigenvalue weighted by atomic mass is 9.82. The van der Waals surface area contributed by atoms with Gasteiger partial charge in [0.2, 0.25) is 0 Å². The molecule has 1 heteroatoms. The van der Waals surface area contributed by atoms with Crippen LogP contribution in [0, 0.1) is 5.92 Å². The molecule has 1 aliphatic carbocycles. The number of rotatable bonds is 3. The van der Waals surface area contributed by atoms with Gasteiger partial charge in [-0.2, -0.15) is 0 Å². The number of benzene rings is 2. The molecule has 2 aromatic carbocycles. The van der Waals surface area contributed by atoms with Gasteiger partial charge in [0.25, 0.3) is 0 Å². The van der Waals surface area contributed by atoms with Gasteiger partial charge in [-0.1, -0.05) is 61.7 Å². The van der Waals surface area contributed by atoms with Crippen molar-refractivity contribution in [3.8, 4) is 0 Å². The maximum absolute atomic E-state index is 10.5. The van der Waals surface area contributed by atoms with Gasteiger partial charge in [0.1, 0.15) is 0 Å². The molecule has 1 atom stereocenters. The van der Waals surface area contributed by atoms with Crippen molar-refractivity contribution in [2.75, 3.05) is 0 Å². The highest BCUT2D eigenvalue weighted by atomic mass is 16.3. The van der Waals surface area contributed by atoms with Gasteiger partial charge in [-0.3, -0.25) is 0 Å². The zero-order valence-corrected chi connectivity index (χ0v) is 11.4. The van der Waals surface area contributed by atoms with Crippen molar-refractivity contribution >= 4 is 10.8 Å². The quantitative estimate of drug-likeness (QED) is 0.864. The Morgan fingerprint density at radius 1 is 0.947 bits per heavy atom. The molecule has 0 heterocycles. The van der Waals surface area contributed by atoms with Gasteiger partial charge in [-0.25, -0.2) is 0 Å². The fraction of sp³-hybridized carbons (Fsp3) is 0.444. The maximum Gasteiger partial charge on any atom is 0.0608 e. The van der Waals surface area contributed by atoms with Crippen LogP contribution in [-0.2, 0) is 6.42 Å². The van der Waals surface area contributed by atoms with E-state index in [1.165, 1.54) is 48.4 Å². The molecule has 1 unspecified atom stereocenters. The van der Waals surface area contributed by atoms with Crippen LogP contribution in [0.25, 0.3) is 10.8 Å². The highest BCUT2D eigenvalue weighted by Crippen LogP contribution is 2.29. The molecule has 1 fully saturated rings. The van der Waals surface area contributed by atoms with Crippen molar-refractivity contribution in [3.05, 3.63) is 48.0 Å². The third-order valence-corrected chi connectivity index (χ3v) is 4.50. The second-order valence-electron chi connectivity index (χ2n) is 5.81. The Hall–Kier alpha value is -1.34. The number of fused-ring (bicyclic) bond motifs is 1. The molecule has 1 N–H and O–H groups in total. The van der Waals surface area contributed by atoms with Crippen molar-refractivity contribution in [2.24, 2.45) is 5.92 Å². The summed E-state index contributed by atoms with van der Waals surface area (Å²) in [5, 5.41) is 13.1. The zero-order valence-electron chi connectivity index (χ0n) is 11.4. The van der Waals surface area contributed by atoms with E-state index in [1.54, 1.807) is 0 Å². The molecule has 0 radical (unpaired) electrons. The second-order valence-corrected chi connectivity index (χ2v) is 5.81. The molecule has 3 rings (SSSR count). The number of aliphatic hydroxyl groups is 1. The molecule has 0 aliphatic heterocycles. The van der Waals surface area contributed by atoms with Gasteiger partial charge < -0.3 is 5.11 Å². The summed E-state index contributed by atoms with van der Waals surface area (Å²) in [5.74, 6) is 0.507. The van der Waals surface area contributed by atoms with Crippen molar-refractivity contribution < 1.29 is 5.11 Å². The summed E-state index contributed by atoms with van der Waals surface area (Å²) in [6.07, 6.45) is 6.95. The summed E-state index contributed by atoms with van der Waals surface area (Å²) >= 11 is 0. The molecule has 0 bridgehead atoms. The number of hydrogen-bond acceptors (Lipinski definition) is 1. The summed E-state index contributed by atoms with van der Waals surface area (Å²) in [4.78, 5) is 0. The van der Waals surface area contributed by atoms with E-state index in [-0.39, 0.29) is 6.10 Å². The number of hydrogen-bond donors (Lipinski definition) is 1. The molecule has 1 aliphatic rings. The first-order valence-corrected chi connectivity index (χ1v) is 7.49. The molecule has 19 heavy (non-hydrogen) atoms. The Morgan fingerprint density at radius 2 is 1.68 bits per heavy atom. The first kappa shape index (κ1) is 12.7. The average molecular weight is 254 g/mol. The van der Waals surface area contributed by atoms with Crippen molar-refractivity contribution in [2.45, 2.75) is 44.6 Å². The van der Waals surface area contributed by atoms with Crippen LogP contribution < -0.4 is 0 Å². The Bertz CT molecular complexity index is 535. The second kappa shape index (κ2) is 5.75. The third-order valence-electron chi connectivity index (χ3n) is 4.50. The Labute approximate surface area is 115 Å². The Kier molecular flexibility index (Phi) is 3.84. The topological polar surface area (TPSA) is 20.2 Å². The monoisotopic (exact) mass is 254 g/mol. The SMILES string of the molecule is OC(Cc1cccc2ccccc12)C1CCCCC1. The molecule has 0 saturated heterocycles. The first-order valence-electron chi connectivity index (χ1n) is 7.49. The lowest BCUT2D eigenvalue weighted by Gasteiger charge is -2.26. The van der Waals surface area contributed by atoms with Crippen molar-refractivity contribution in [1.29, 1.82) is 0 Å². The van der Waals surface area contributed by atoms with E-state index in [1.807, 2.05) is 0 Å². The third kappa shape index (κ3) is 2.82. The lowest BCUT2D eigenvalue weighted by molar-refractivity contribution is 0.0854. The molecule has 1 nitrogen and oxygen atoms in total. The summed E-state index contributed by atoms with van der Waals surface area (Å²) in [6.45, 7) is 0. The predicted octanol–water partition coefficient (Wildman–Crippen LogP) is 4.32. The maximum atomic E-state index is 10.5. The molecule has 100 valence electrons. The summed E-state index contributed by atoms with van der Waals surface area (Å²) in [5.41, 5.74) is 1.29. The minimum atomic E-state index is -0.175. The van der Waals surface area contributed by atoms with Crippen LogP contribution in [0.4, 0.5) is 0 Å². The minimum Gasteiger partial charge on any atom is -0.392 e. The van der Waals surface area contributed by atoms with Crippen molar-refractivity contribution in [1.82, 2.24) is 0 Å². The van der Waals surface area contributed by atoms with Crippen LogP contribution in [0.15, 0.2) is 42.5 Å². The van der Waals surface area contributed by atoms with Crippen LogP contribution in [0.3, 0.4) is 0 Å². The normalized spacial score (nSPS) is 18.6. The Balaban J connectivity index is 1.80. The fourth-order valence-electron chi connectivity index (χ4n) is 3.38. The highest BCUT2D eigenvalue weighted by molar-refractivity contribution is 5.85. The molecular weight excluding hydrogens is 232 g/mol. The molecule has 0 spiro atoms. The van der Waals surface area contributed by atoms with Gasteiger partial charge >= 0.3 is 0 Å². The van der Waals surface area contributed by atoms with Crippen molar-refractivity contribution in [3.63, 3.8) is 0 Å². The molecule has 2 aromatic rings. The van der Waals surface area contributed by atoms with Gasteiger partial charge in [0.05, 0.1) is 6.10 Å². The summed E-state index contributed by atoms with van der Waals surface area (Å²) < 4.78 is 0. The predicted molar refractivity (Wildman–Crippen MR) is 80.2 cm³/mol.